The van der Waals surface area contributed by atoms with Gasteiger partial charge in [0.1, 0.15) is 5.82 Å². The number of rotatable bonds is 3. The van der Waals surface area contributed by atoms with Gasteiger partial charge in [-0.15, -0.1) is 0 Å². The van der Waals surface area contributed by atoms with Crippen LogP contribution >= 0.6 is 0 Å². The molecule has 0 saturated carbocycles. The third-order valence-corrected chi connectivity index (χ3v) is 5.52. The first kappa shape index (κ1) is 17.0. The second-order valence-corrected chi connectivity index (χ2v) is 7.20. The lowest BCUT2D eigenvalue weighted by Gasteiger charge is -2.37. The SMILES string of the molecule is CC(=O)N1CCC[C@H](C(=O)N2CCC(Cn3ccnc3C)CC2)C1. The number of hydrogen-bond acceptors (Lipinski definition) is 3. The maximum Gasteiger partial charge on any atom is 0.227 e. The van der Waals surface area contributed by atoms with Crippen LogP contribution in [0.4, 0.5) is 0 Å². The molecule has 2 aliphatic rings. The number of likely N-dealkylation sites (tertiary alicyclic amines) is 2. The minimum atomic E-state index is -0.00454. The minimum absolute atomic E-state index is 0.00454. The number of carbonyl (C=O) groups is 2. The molecular formula is C18H28N4O2. The Kier molecular flexibility index (Phi) is 5.21. The summed E-state index contributed by atoms with van der Waals surface area (Å²) in [7, 11) is 0. The topological polar surface area (TPSA) is 58.4 Å². The van der Waals surface area contributed by atoms with E-state index >= 15 is 0 Å². The Balaban J connectivity index is 1.50. The number of carbonyl (C=O) groups excluding carboxylic acids is 2. The number of aromatic nitrogens is 2. The molecule has 0 radical (unpaired) electrons. The van der Waals surface area contributed by atoms with E-state index in [0.29, 0.717) is 12.5 Å². The van der Waals surface area contributed by atoms with Gasteiger partial charge in [-0.1, -0.05) is 0 Å². The number of aryl methyl sites for hydroxylation is 1. The molecule has 0 bridgehead atoms. The molecule has 0 unspecified atom stereocenters. The maximum absolute atomic E-state index is 12.8. The van der Waals surface area contributed by atoms with Crippen molar-refractivity contribution in [2.75, 3.05) is 26.2 Å². The number of hydrogen-bond donors (Lipinski definition) is 0. The molecule has 1 atom stereocenters. The predicted molar refractivity (Wildman–Crippen MR) is 91.2 cm³/mol. The molecule has 1 aromatic rings. The Morgan fingerprint density at radius 3 is 2.54 bits per heavy atom. The monoisotopic (exact) mass is 332 g/mol. The molecule has 0 aromatic carbocycles. The maximum atomic E-state index is 12.8. The largest absolute Gasteiger partial charge is 0.342 e. The van der Waals surface area contributed by atoms with Crippen molar-refractivity contribution in [3.05, 3.63) is 18.2 Å². The first-order valence-electron chi connectivity index (χ1n) is 9.06. The normalized spacial score (nSPS) is 22.7. The first-order valence-corrected chi connectivity index (χ1v) is 9.06. The van der Waals surface area contributed by atoms with Crippen molar-refractivity contribution in [2.24, 2.45) is 11.8 Å². The summed E-state index contributed by atoms with van der Waals surface area (Å²) in [5, 5.41) is 0. The Morgan fingerprint density at radius 1 is 1.17 bits per heavy atom. The summed E-state index contributed by atoms with van der Waals surface area (Å²) in [4.78, 5) is 32.4. The fraction of sp³-hybridized carbons (Fsp3) is 0.722. The van der Waals surface area contributed by atoms with Crippen molar-refractivity contribution in [2.45, 2.75) is 46.1 Å². The Hall–Kier alpha value is -1.85. The second kappa shape index (κ2) is 7.36. The van der Waals surface area contributed by atoms with Gasteiger partial charge >= 0.3 is 0 Å². The summed E-state index contributed by atoms with van der Waals surface area (Å²) in [6.07, 6.45) is 7.82. The van der Waals surface area contributed by atoms with E-state index in [9.17, 15) is 9.59 Å². The summed E-state index contributed by atoms with van der Waals surface area (Å²) in [5.41, 5.74) is 0. The van der Waals surface area contributed by atoms with Crippen LogP contribution in [0.1, 0.15) is 38.4 Å². The number of imidazole rings is 1. The lowest BCUT2D eigenvalue weighted by atomic mass is 9.92. The van der Waals surface area contributed by atoms with Crippen LogP contribution in [0.2, 0.25) is 0 Å². The molecule has 132 valence electrons. The van der Waals surface area contributed by atoms with E-state index in [0.717, 1.165) is 57.7 Å². The fourth-order valence-corrected chi connectivity index (χ4v) is 3.93. The summed E-state index contributed by atoms with van der Waals surface area (Å²) in [5.74, 6) is 2.00. The summed E-state index contributed by atoms with van der Waals surface area (Å²) >= 11 is 0. The van der Waals surface area contributed by atoms with Crippen LogP contribution in [0.5, 0.6) is 0 Å². The van der Waals surface area contributed by atoms with Crippen LogP contribution in [-0.2, 0) is 16.1 Å². The van der Waals surface area contributed by atoms with Crippen molar-refractivity contribution in [3.8, 4) is 0 Å². The Labute approximate surface area is 143 Å². The van der Waals surface area contributed by atoms with Gasteiger partial charge < -0.3 is 14.4 Å². The van der Waals surface area contributed by atoms with E-state index in [1.54, 1.807) is 6.92 Å². The lowest BCUT2D eigenvalue weighted by Crippen LogP contribution is -2.48. The molecule has 2 fully saturated rings. The van der Waals surface area contributed by atoms with Crippen LogP contribution in [0.25, 0.3) is 0 Å². The molecule has 0 spiro atoms. The van der Waals surface area contributed by atoms with E-state index in [1.807, 2.05) is 29.1 Å². The third kappa shape index (κ3) is 3.79. The Bertz CT molecular complexity index is 590. The molecular weight excluding hydrogens is 304 g/mol. The van der Waals surface area contributed by atoms with E-state index in [2.05, 4.69) is 9.55 Å². The van der Waals surface area contributed by atoms with Gasteiger partial charge in [-0.2, -0.15) is 0 Å². The van der Waals surface area contributed by atoms with E-state index in [1.165, 1.54) is 0 Å². The van der Waals surface area contributed by atoms with Crippen molar-refractivity contribution in [1.82, 2.24) is 19.4 Å². The van der Waals surface area contributed by atoms with E-state index < -0.39 is 0 Å². The molecule has 1 aromatic heterocycles. The van der Waals surface area contributed by atoms with Gasteiger partial charge in [0.25, 0.3) is 0 Å². The van der Waals surface area contributed by atoms with Crippen LogP contribution in [0, 0.1) is 18.8 Å². The molecule has 6 heteroatoms. The van der Waals surface area contributed by atoms with E-state index in [-0.39, 0.29) is 17.7 Å². The zero-order chi connectivity index (χ0) is 17.1. The highest BCUT2D eigenvalue weighted by atomic mass is 16.2. The minimum Gasteiger partial charge on any atom is -0.342 e. The van der Waals surface area contributed by atoms with Gasteiger partial charge in [0.05, 0.1) is 5.92 Å². The van der Waals surface area contributed by atoms with Crippen LogP contribution in [0.3, 0.4) is 0 Å². The molecule has 0 N–H and O–H groups in total. The molecule has 24 heavy (non-hydrogen) atoms. The van der Waals surface area contributed by atoms with Crippen LogP contribution < -0.4 is 0 Å². The van der Waals surface area contributed by atoms with Crippen LogP contribution in [0.15, 0.2) is 12.4 Å². The van der Waals surface area contributed by atoms with Crippen LogP contribution in [-0.4, -0.2) is 57.3 Å². The average Bonchev–Trinajstić information content (AvgIpc) is 3.00. The summed E-state index contributed by atoms with van der Waals surface area (Å²) in [6.45, 7) is 7.70. The molecule has 3 rings (SSSR count). The van der Waals surface area contributed by atoms with E-state index in [4.69, 9.17) is 0 Å². The zero-order valence-electron chi connectivity index (χ0n) is 14.8. The van der Waals surface area contributed by atoms with Gasteiger partial charge in [-0.05, 0) is 38.5 Å². The van der Waals surface area contributed by atoms with Crippen molar-refractivity contribution in [1.29, 1.82) is 0 Å². The number of nitrogens with zero attached hydrogens (tertiary/aromatic N) is 4. The first-order chi connectivity index (χ1) is 11.5. The molecule has 2 saturated heterocycles. The smallest absolute Gasteiger partial charge is 0.227 e. The molecule has 3 heterocycles. The van der Waals surface area contributed by atoms with Crippen molar-refractivity contribution in [3.63, 3.8) is 0 Å². The molecule has 2 amide bonds. The summed E-state index contributed by atoms with van der Waals surface area (Å²) in [6, 6.07) is 0. The quantitative estimate of drug-likeness (QED) is 0.846. The second-order valence-electron chi connectivity index (χ2n) is 7.20. The number of amides is 2. The van der Waals surface area contributed by atoms with Gasteiger partial charge in [0.2, 0.25) is 11.8 Å². The van der Waals surface area contributed by atoms with Crippen molar-refractivity contribution >= 4 is 11.8 Å². The van der Waals surface area contributed by atoms with Gasteiger partial charge in [-0.3, -0.25) is 9.59 Å². The third-order valence-electron chi connectivity index (χ3n) is 5.52. The fourth-order valence-electron chi connectivity index (χ4n) is 3.93. The number of piperidine rings is 2. The molecule has 0 aliphatic carbocycles. The zero-order valence-corrected chi connectivity index (χ0v) is 14.8. The molecule has 2 aliphatic heterocycles. The summed E-state index contributed by atoms with van der Waals surface area (Å²) < 4.78 is 2.20. The highest BCUT2D eigenvalue weighted by molar-refractivity contribution is 5.80. The average molecular weight is 332 g/mol. The standard InChI is InChI=1S/C18H28N4O2/c1-14-19-7-11-21(14)12-16-5-9-20(10-6-16)18(24)17-4-3-8-22(13-17)15(2)23/h7,11,16-17H,3-6,8-10,12-13H2,1-2H3/t17-/m0/s1. The van der Waals surface area contributed by atoms with Gasteiger partial charge in [0.15, 0.2) is 0 Å². The lowest BCUT2D eigenvalue weighted by molar-refractivity contribution is -0.141. The Morgan fingerprint density at radius 2 is 1.92 bits per heavy atom. The van der Waals surface area contributed by atoms with Gasteiger partial charge in [-0.25, -0.2) is 4.98 Å². The highest BCUT2D eigenvalue weighted by Crippen LogP contribution is 2.24. The van der Waals surface area contributed by atoms with Gasteiger partial charge in [0, 0.05) is 52.0 Å². The predicted octanol–water partition coefficient (Wildman–Crippen LogP) is 1.69. The highest BCUT2D eigenvalue weighted by Gasteiger charge is 2.32. The van der Waals surface area contributed by atoms with Crippen molar-refractivity contribution < 1.29 is 9.59 Å². The molecule has 6 nitrogen and oxygen atoms in total.